The van der Waals surface area contributed by atoms with Gasteiger partial charge in [-0.2, -0.15) is 0 Å². The zero-order chi connectivity index (χ0) is 10.9. The van der Waals surface area contributed by atoms with E-state index < -0.39 is 0 Å². The van der Waals surface area contributed by atoms with Gasteiger partial charge in [0, 0.05) is 4.90 Å². The Morgan fingerprint density at radius 1 is 1.20 bits per heavy atom. The molecule has 0 aliphatic carbocycles. The van der Waals surface area contributed by atoms with Gasteiger partial charge in [-0.05, 0) is 23.8 Å². The van der Waals surface area contributed by atoms with Crippen molar-refractivity contribution < 1.29 is 0 Å². The molecule has 0 heterocycles. The summed E-state index contributed by atoms with van der Waals surface area (Å²) in [6.07, 6.45) is 7.30. The molecule has 1 rings (SSSR count). The van der Waals surface area contributed by atoms with E-state index in [9.17, 15) is 0 Å². The molecule has 0 unspecified atom stereocenters. The molecule has 0 saturated heterocycles. The molecule has 0 radical (unpaired) electrons. The number of unbranched alkanes of at least 4 members (excludes halogenated alkanes) is 3. The lowest BCUT2D eigenvalue weighted by molar-refractivity contribution is 0.706. The highest BCUT2D eigenvalue weighted by Gasteiger charge is 1.98. The molecule has 0 N–H and O–H groups in total. The summed E-state index contributed by atoms with van der Waals surface area (Å²) >= 11 is 1.95. The van der Waals surface area contributed by atoms with Crippen LogP contribution in [0.15, 0.2) is 35.7 Å². The second-order valence-corrected chi connectivity index (χ2v) is 4.79. The Balaban J connectivity index is 2.33. The Labute approximate surface area is 97.8 Å². The summed E-state index contributed by atoms with van der Waals surface area (Å²) in [5.74, 6) is 1.23. The molecule has 1 aromatic rings. The minimum Gasteiger partial charge on any atom is -0.126 e. The predicted molar refractivity (Wildman–Crippen MR) is 71.4 cm³/mol. The Bertz CT molecular complexity index is 291. The Morgan fingerprint density at radius 2 is 2.00 bits per heavy atom. The van der Waals surface area contributed by atoms with Crippen molar-refractivity contribution in [1.82, 2.24) is 0 Å². The van der Waals surface area contributed by atoms with Crippen LogP contribution in [-0.4, -0.2) is 5.75 Å². The van der Waals surface area contributed by atoms with Gasteiger partial charge in [0.25, 0.3) is 0 Å². The van der Waals surface area contributed by atoms with Crippen LogP contribution >= 0.6 is 11.8 Å². The molecule has 0 amide bonds. The van der Waals surface area contributed by atoms with Gasteiger partial charge in [0.15, 0.2) is 0 Å². The summed E-state index contributed by atoms with van der Waals surface area (Å²) in [6, 6.07) is 8.47. The first-order valence-corrected chi connectivity index (χ1v) is 6.71. The molecule has 1 heteroatoms. The minimum absolute atomic E-state index is 1.23. The van der Waals surface area contributed by atoms with E-state index in [2.05, 4.69) is 37.8 Å². The van der Waals surface area contributed by atoms with E-state index >= 15 is 0 Å². The third kappa shape index (κ3) is 4.57. The molecule has 0 aliphatic heterocycles. The van der Waals surface area contributed by atoms with Gasteiger partial charge >= 0.3 is 0 Å². The van der Waals surface area contributed by atoms with Crippen molar-refractivity contribution in [3.63, 3.8) is 0 Å². The van der Waals surface area contributed by atoms with Crippen LogP contribution in [0.3, 0.4) is 0 Å². The van der Waals surface area contributed by atoms with Crippen LogP contribution in [0.25, 0.3) is 6.08 Å². The van der Waals surface area contributed by atoms with Gasteiger partial charge in [-0.15, -0.1) is 11.8 Å². The van der Waals surface area contributed by atoms with Crippen LogP contribution in [0, 0.1) is 0 Å². The number of hydrogen-bond donors (Lipinski definition) is 0. The van der Waals surface area contributed by atoms with Gasteiger partial charge in [0.2, 0.25) is 0 Å². The number of benzene rings is 1. The third-order valence-electron chi connectivity index (χ3n) is 2.39. The summed E-state index contributed by atoms with van der Waals surface area (Å²) in [4.78, 5) is 1.36. The van der Waals surface area contributed by atoms with E-state index in [0.717, 1.165) is 0 Å². The molecular weight excluding hydrogens is 200 g/mol. The predicted octanol–water partition coefficient (Wildman–Crippen LogP) is 5.00. The van der Waals surface area contributed by atoms with Crippen molar-refractivity contribution >= 4 is 17.8 Å². The Morgan fingerprint density at radius 3 is 2.73 bits per heavy atom. The normalized spacial score (nSPS) is 10.2. The van der Waals surface area contributed by atoms with Crippen molar-refractivity contribution in [3.8, 4) is 0 Å². The van der Waals surface area contributed by atoms with Crippen molar-refractivity contribution in [2.75, 3.05) is 5.75 Å². The van der Waals surface area contributed by atoms with Crippen molar-refractivity contribution in [2.24, 2.45) is 0 Å². The molecule has 82 valence electrons. The Hall–Kier alpha value is -0.690. The maximum Gasteiger partial charge on any atom is 0.0144 e. The average molecular weight is 220 g/mol. The summed E-state index contributed by atoms with van der Waals surface area (Å²) in [6.45, 7) is 6.09. The van der Waals surface area contributed by atoms with Gasteiger partial charge in [-0.1, -0.05) is 57.0 Å². The summed E-state index contributed by atoms with van der Waals surface area (Å²) in [5.41, 5.74) is 1.26. The van der Waals surface area contributed by atoms with Crippen LogP contribution in [-0.2, 0) is 0 Å². The second kappa shape index (κ2) is 7.58. The van der Waals surface area contributed by atoms with Crippen LogP contribution < -0.4 is 0 Å². The highest BCUT2D eigenvalue weighted by Crippen LogP contribution is 2.24. The fourth-order valence-electron chi connectivity index (χ4n) is 1.49. The molecule has 0 aromatic heterocycles. The second-order valence-electron chi connectivity index (χ2n) is 3.65. The van der Waals surface area contributed by atoms with Crippen LogP contribution in [0.1, 0.15) is 38.2 Å². The molecule has 0 bridgehead atoms. The fraction of sp³-hybridized carbons (Fsp3) is 0.429. The topological polar surface area (TPSA) is 0 Å². The molecule has 0 saturated carbocycles. The van der Waals surface area contributed by atoms with E-state index in [1.54, 1.807) is 0 Å². The average Bonchev–Trinajstić information content (AvgIpc) is 2.29. The first-order valence-electron chi connectivity index (χ1n) is 5.72. The van der Waals surface area contributed by atoms with Crippen LogP contribution in [0.2, 0.25) is 0 Å². The highest BCUT2D eigenvalue weighted by molar-refractivity contribution is 7.99. The first-order chi connectivity index (χ1) is 7.38. The van der Waals surface area contributed by atoms with Gasteiger partial charge in [0.05, 0.1) is 0 Å². The molecule has 0 fully saturated rings. The molecular formula is C14H20S. The summed E-state index contributed by atoms with van der Waals surface area (Å²) < 4.78 is 0. The minimum atomic E-state index is 1.23. The lowest BCUT2D eigenvalue weighted by Gasteiger charge is -2.04. The zero-order valence-corrected chi connectivity index (χ0v) is 10.4. The van der Waals surface area contributed by atoms with Gasteiger partial charge < -0.3 is 0 Å². The van der Waals surface area contributed by atoms with Crippen LogP contribution in [0.5, 0.6) is 0 Å². The smallest absolute Gasteiger partial charge is 0.0144 e. The number of rotatable bonds is 7. The standard InChI is InChI=1S/C14H20S/c1-3-5-6-9-12-15-14-11-8-7-10-13(14)4-2/h4,7-8,10-11H,2-3,5-6,9,12H2,1H3. The fourth-order valence-corrected chi connectivity index (χ4v) is 2.55. The van der Waals surface area contributed by atoms with Crippen LogP contribution in [0.4, 0.5) is 0 Å². The molecule has 0 atom stereocenters. The molecule has 0 nitrogen and oxygen atoms in total. The van der Waals surface area contributed by atoms with E-state index in [-0.39, 0.29) is 0 Å². The van der Waals surface area contributed by atoms with E-state index in [1.165, 1.54) is 41.9 Å². The summed E-state index contributed by atoms with van der Waals surface area (Å²) in [7, 11) is 0. The quantitative estimate of drug-likeness (QED) is 0.460. The lowest BCUT2D eigenvalue weighted by Crippen LogP contribution is -1.83. The Kier molecular flexibility index (Phi) is 6.26. The van der Waals surface area contributed by atoms with E-state index in [1.807, 2.05) is 17.8 Å². The first kappa shape index (κ1) is 12.4. The maximum absolute atomic E-state index is 3.84. The molecule has 1 aromatic carbocycles. The number of hydrogen-bond acceptors (Lipinski definition) is 1. The lowest BCUT2D eigenvalue weighted by atomic mass is 10.2. The van der Waals surface area contributed by atoms with Crippen molar-refractivity contribution in [3.05, 3.63) is 36.4 Å². The SMILES string of the molecule is C=Cc1ccccc1SCCCCCC. The highest BCUT2D eigenvalue weighted by atomic mass is 32.2. The van der Waals surface area contributed by atoms with Gasteiger partial charge in [-0.3, -0.25) is 0 Å². The van der Waals surface area contributed by atoms with Crippen molar-refractivity contribution in [2.45, 2.75) is 37.5 Å². The third-order valence-corrected chi connectivity index (χ3v) is 3.57. The van der Waals surface area contributed by atoms with Gasteiger partial charge in [-0.25, -0.2) is 0 Å². The number of thioether (sulfide) groups is 1. The van der Waals surface area contributed by atoms with Crippen molar-refractivity contribution in [1.29, 1.82) is 0 Å². The van der Waals surface area contributed by atoms with E-state index in [0.29, 0.717) is 0 Å². The van der Waals surface area contributed by atoms with Gasteiger partial charge in [0.1, 0.15) is 0 Å². The molecule has 0 spiro atoms. The zero-order valence-electron chi connectivity index (χ0n) is 9.54. The molecule has 0 aliphatic rings. The monoisotopic (exact) mass is 220 g/mol. The van der Waals surface area contributed by atoms with E-state index in [4.69, 9.17) is 0 Å². The maximum atomic E-state index is 3.84. The molecule has 15 heavy (non-hydrogen) atoms. The largest absolute Gasteiger partial charge is 0.126 e. The summed E-state index contributed by atoms with van der Waals surface area (Å²) in [5, 5.41) is 0.